The molecule has 0 saturated carbocycles. The number of thioether (sulfide) groups is 1. The molecule has 2 aromatic rings. The summed E-state index contributed by atoms with van der Waals surface area (Å²) in [5, 5.41) is 15.6. The molecule has 0 radical (unpaired) electrons. The molecule has 0 amide bonds. The van der Waals surface area contributed by atoms with Gasteiger partial charge in [-0.15, -0.1) is 11.8 Å². The number of halogens is 4. The van der Waals surface area contributed by atoms with Gasteiger partial charge in [0.05, 0.1) is 11.8 Å². The van der Waals surface area contributed by atoms with E-state index in [0.717, 1.165) is 28.2 Å². The summed E-state index contributed by atoms with van der Waals surface area (Å²) in [7, 11) is 1.41. The van der Waals surface area contributed by atoms with Crippen LogP contribution in [0.5, 0.6) is 0 Å². The summed E-state index contributed by atoms with van der Waals surface area (Å²) >= 11 is 6.95. The number of aryl methyl sites for hydroxylation is 1. The first kappa shape index (κ1) is 16.7. The lowest BCUT2D eigenvalue weighted by atomic mass is 10.2. The second-order valence-electron chi connectivity index (χ2n) is 4.35. The average Bonchev–Trinajstić information content (AvgIpc) is 2.75. The number of benzene rings is 1. The largest absolute Gasteiger partial charge is 0.435 e. The first-order valence-electron chi connectivity index (χ1n) is 6.01. The Morgan fingerprint density at radius 2 is 2.00 bits per heavy atom. The molecule has 1 heterocycles. The fourth-order valence-corrected chi connectivity index (χ4v) is 2.97. The van der Waals surface area contributed by atoms with Gasteiger partial charge in [0.2, 0.25) is 0 Å². The molecule has 0 aliphatic rings. The van der Waals surface area contributed by atoms with E-state index >= 15 is 0 Å². The molecule has 0 atom stereocenters. The van der Waals surface area contributed by atoms with Crippen molar-refractivity contribution in [1.82, 2.24) is 9.78 Å². The fraction of sp³-hybridized carbons (Fsp3) is 0.231. The molecule has 1 aromatic carbocycles. The quantitative estimate of drug-likeness (QED) is 0.389. The van der Waals surface area contributed by atoms with Gasteiger partial charge in [0, 0.05) is 17.8 Å². The Hall–Kier alpha value is -1.67. The fourth-order valence-electron chi connectivity index (χ4n) is 1.81. The van der Waals surface area contributed by atoms with Crippen LogP contribution in [0.1, 0.15) is 16.8 Å². The smallest absolute Gasteiger partial charge is 0.411 e. The van der Waals surface area contributed by atoms with Gasteiger partial charge >= 0.3 is 6.18 Å². The normalized spacial score (nSPS) is 12.2. The Labute approximate surface area is 133 Å². The van der Waals surface area contributed by atoms with Crippen molar-refractivity contribution >= 4 is 29.6 Å². The number of hydrogen-bond donors (Lipinski definition) is 1. The standard InChI is InChI=1S/C13H11ClF3N3OS/c1-20-12(22-7-8-2-4-9(14)5-3-8)10(6-18-21)11(19-20)13(15,16)17/h2-6,21H,7H2,1H3. The average molecular weight is 350 g/mol. The molecular formula is C13H11ClF3N3OS. The van der Waals surface area contributed by atoms with Crippen molar-refractivity contribution in [1.29, 1.82) is 0 Å². The summed E-state index contributed by atoms with van der Waals surface area (Å²) in [5.41, 5.74) is -0.432. The summed E-state index contributed by atoms with van der Waals surface area (Å²) in [4.78, 5) is 0. The van der Waals surface area contributed by atoms with E-state index in [4.69, 9.17) is 16.8 Å². The minimum Gasteiger partial charge on any atom is -0.411 e. The molecule has 118 valence electrons. The van der Waals surface area contributed by atoms with Crippen LogP contribution in [0.3, 0.4) is 0 Å². The molecule has 4 nitrogen and oxygen atoms in total. The number of alkyl halides is 3. The minimum atomic E-state index is -4.62. The molecule has 0 aliphatic carbocycles. The molecule has 0 aliphatic heterocycles. The first-order valence-corrected chi connectivity index (χ1v) is 7.38. The number of aromatic nitrogens is 2. The third-order valence-corrected chi connectivity index (χ3v) is 4.26. The zero-order valence-electron chi connectivity index (χ0n) is 11.3. The highest BCUT2D eigenvalue weighted by atomic mass is 35.5. The Morgan fingerprint density at radius 1 is 1.36 bits per heavy atom. The van der Waals surface area contributed by atoms with Crippen LogP contribution in [-0.4, -0.2) is 21.2 Å². The SMILES string of the molecule is Cn1nc(C(F)(F)F)c(C=NO)c1SCc1ccc(Cl)cc1. The Morgan fingerprint density at radius 3 is 2.55 bits per heavy atom. The van der Waals surface area contributed by atoms with Crippen LogP contribution in [-0.2, 0) is 19.0 Å². The maximum Gasteiger partial charge on any atom is 0.435 e. The number of nitrogens with zero attached hydrogens (tertiary/aromatic N) is 3. The molecule has 0 bridgehead atoms. The van der Waals surface area contributed by atoms with E-state index in [1.807, 2.05) is 0 Å². The van der Waals surface area contributed by atoms with Crippen molar-refractivity contribution in [2.24, 2.45) is 12.2 Å². The summed E-state index contributed by atoms with van der Waals surface area (Å²) < 4.78 is 39.9. The van der Waals surface area contributed by atoms with Gasteiger partial charge in [-0.2, -0.15) is 18.3 Å². The predicted octanol–water partition coefficient (Wildman–Crippen LogP) is 4.19. The van der Waals surface area contributed by atoms with Gasteiger partial charge in [0.1, 0.15) is 5.03 Å². The number of oxime groups is 1. The van der Waals surface area contributed by atoms with Crippen molar-refractivity contribution in [2.45, 2.75) is 17.0 Å². The summed E-state index contributed by atoms with van der Waals surface area (Å²) in [6.45, 7) is 0. The molecule has 0 fully saturated rings. The lowest BCUT2D eigenvalue weighted by Crippen LogP contribution is -2.09. The van der Waals surface area contributed by atoms with Gasteiger partial charge < -0.3 is 5.21 Å². The first-order chi connectivity index (χ1) is 10.3. The van der Waals surface area contributed by atoms with Crippen LogP contribution in [0.25, 0.3) is 0 Å². The molecule has 0 spiro atoms. The van der Waals surface area contributed by atoms with Crippen LogP contribution in [0.15, 0.2) is 34.4 Å². The van der Waals surface area contributed by atoms with E-state index in [0.29, 0.717) is 10.8 Å². The highest BCUT2D eigenvalue weighted by Gasteiger charge is 2.38. The van der Waals surface area contributed by atoms with Crippen LogP contribution in [0.4, 0.5) is 13.2 Å². The molecule has 1 N–H and O–H groups in total. The lowest BCUT2D eigenvalue weighted by Gasteiger charge is -2.05. The highest BCUT2D eigenvalue weighted by Crippen LogP contribution is 2.35. The van der Waals surface area contributed by atoms with Gasteiger partial charge in [-0.1, -0.05) is 28.9 Å². The molecule has 0 unspecified atom stereocenters. The van der Waals surface area contributed by atoms with Crippen LogP contribution >= 0.6 is 23.4 Å². The zero-order valence-corrected chi connectivity index (χ0v) is 12.9. The third-order valence-electron chi connectivity index (χ3n) is 2.77. The van der Waals surface area contributed by atoms with Gasteiger partial charge in [-0.25, -0.2) is 0 Å². The molecular weight excluding hydrogens is 339 g/mol. The van der Waals surface area contributed by atoms with E-state index in [1.54, 1.807) is 24.3 Å². The molecule has 22 heavy (non-hydrogen) atoms. The van der Waals surface area contributed by atoms with Gasteiger partial charge in [-0.3, -0.25) is 4.68 Å². The predicted molar refractivity (Wildman–Crippen MR) is 78.6 cm³/mol. The Bertz CT molecular complexity index is 683. The maximum absolute atomic E-state index is 12.9. The summed E-state index contributed by atoms with van der Waals surface area (Å²) in [5.74, 6) is 0.431. The van der Waals surface area contributed by atoms with Gasteiger partial charge in [-0.05, 0) is 17.7 Å². The number of rotatable bonds is 4. The second-order valence-corrected chi connectivity index (χ2v) is 5.75. The minimum absolute atomic E-state index is 0.253. The molecule has 9 heteroatoms. The van der Waals surface area contributed by atoms with Gasteiger partial charge in [0.15, 0.2) is 5.69 Å². The Kier molecular flexibility index (Phi) is 5.02. The van der Waals surface area contributed by atoms with Crippen molar-refractivity contribution in [3.8, 4) is 0 Å². The molecule has 1 aromatic heterocycles. The van der Waals surface area contributed by atoms with E-state index in [-0.39, 0.29) is 10.6 Å². The third kappa shape index (κ3) is 3.75. The summed E-state index contributed by atoms with van der Waals surface area (Å²) in [6, 6.07) is 6.99. The highest BCUT2D eigenvalue weighted by molar-refractivity contribution is 7.98. The maximum atomic E-state index is 12.9. The summed E-state index contributed by atoms with van der Waals surface area (Å²) in [6.07, 6.45) is -3.87. The van der Waals surface area contributed by atoms with E-state index in [1.165, 1.54) is 7.05 Å². The van der Waals surface area contributed by atoms with Crippen LogP contribution in [0.2, 0.25) is 5.02 Å². The van der Waals surface area contributed by atoms with Crippen molar-refractivity contribution in [2.75, 3.05) is 0 Å². The second kappa shape index (κ2) is 6.62. The molecule has 0 saturated heterocycles. The van der Waals surface area contributed by atoms with Crippen molar-refractivity contribution in [3.63, 3.8) is 0 Å². The number of hydrogen-bond acceptors (Lipinski definition) is 4. The van der Waals surface area contributed by atoms with E-state index in [9.17, 15) is 13.2 Å². The zero-order chi connectivity index (χ0) is 16.3. The molecule has 2 rings (SSSR count). The Balaban J connectivity index is 2.30. The van der Waals surface area contributed by atoms with Crippen LogP contribution in [0, 0.1) is 0 Å². The van der Waals surface area contributed by atoms with Gasteiger partial charge in [0.25, 0.3) is 0 Å². The monoisotopic (exact) mass is 349 g/mol. The van der Waals surface area contributed by atoms with Crippen molar-refractivity contribution < 1.29 is 18.4 Å². The van der Waals surface area contributed by atoms with Crippen molar-refractivity contribution in [3.05, 3.63) is 46.1 Å². The lowest BCUT2D eigenvalue weighted by molar-refractivity contribution is -0.141. The van der Waals surface area contributed by atoms with E-state index in [2.05, 4.69) is 10.3 Å². The topological polar surface area (TPSA) is 50.4 Å². The van der Waals surface area contributed by atoms with Crippen LogP contribution < -0.4 is 0 Å². The van der Waals surface area contributed by atoms with E-state index < -0.39 is 11.9 Å².